The molecule has 14 rings (SSSR count). The smallest absolute Gasteiger partial charge is 0.237 e. The fourth-order valence-corrected chi connectivity index (χ4v) is 16.2. The first-order chi connectivity index (χ1) is 34.7. The number of rotatable bonds is 8. The second-order valence-corrected chi connectivity index (χ2v) is 21.9. The molecule has 0 aliphatic rings. The molecule has 14 aromatic rings. The summed E-state index contributed by atoms with van der Waals surface area (Å²) in [4.78, 5) is 11.1. The van der Waals surface area contributed by atoms with Crippen LogP contribution in [0.25, 0.3) is 94.1 Å². The third kappa shape index (κ3) is 6.03. The van der Waals surface area contributed by atoms with Gasteiger partial charge in [-0.25, -0.2) is 4.98 Å². The Balaban J connectivity index is 1.01. The Labute approximate surface area is 405 Å². The van der Waals surface area contributed by atoms with Gasteiger partial charge in [-0.2, -0.15) is 4.98 Å². The van der Waals surface area contributed by atoms with E-state index in [1.165, 1.54) is 42.6 Å². The van der Waals surface area contributed by atoms with E-state index in [0.717, 1.165) is 66.4 Å². The lowest BCUT2D eigenvalue weighted by molar-refractivity contribution is 0.952. The van der Waals surface area contributed by atoms with Gasteiger partial charge >= 0.3 is 0 Å². The highest BCUT2D eigenvalue weighted by Crippen LogP contribution is 2.38. The summed E-state index contributed by atoms with van der Waals surface area (Å²) in [6, 6.07) is 94.9. The number of hydrogen-bond acceptors (Lipinski definition) is 2. The van der Waals surface area contributed by atoms with E-state index in [1.807, 2.05) is 0 Å². The minimum absolute atomic E-state index is 0.614. The Morgan fingerprint density at radius 1 is 0.271 bits per heavy atom. The van der Waals surface area contributed by atoms with Gasteiger partial charge in [0, 0.05) is 49.6 Å². The molecule has 5 nitrogen and oxygen atoms in total. The second kappa shape index (κ2) is 16.0. The first kappa shape index (κ1) is 40.0. The lowest BCUT2D eigenvalue weighted by atomic mass is 10.1. The molecule has 70 heavy (non-hydrogen) atoms. The minimum atomic E-state index is -2.75. The molecular weight excluding hydrogens is 867 g/mol. The zero-order chi connectivity index (χ0) is 46.2. The topological polar surface area (TPSA) is 40.6 Å². The lowest BCUT2D eigenvalue weighted by Gasteiger charge is -2.34. The zero-order valence-corrected chi connectivity index (χ0v) is 39.1. The van der Waals surface area contributed by atoms with Gasteiger partial charge in [-0.3, -0.25) is 9.13 Å². The fourth-order valence-electron chi connectivity index (χ4n) is 11.4. The van der Waals surface area contributed by atoms with Crippen LogP contribution in [0.15, 0.2) is 261 Å². The summed E-state index contributed by atoms with van der Waals surface area (Å²) >= 11 is 0. The molecule has 0 bridgehead atoms. The van der Waals surface area contributed by atoms with Gasteiger partial charge < -0.3 is 4.57 Å². The van der Waals surface area contributed by atoms with E-state index >= 15 is 0 Å². The molecule has 4 heterocycles. The van der Waals surface area contributed by atoms with Crippen LogP contribution in [0.2, 0.25) is 0 Å². The quantitative estimate of drug-likeness (QED) is 0.113. The van der Waals surface area contributed by atoms with Crippen molar-refractivity contribution in [2.24, 2.45) is 0 Å². The predicted molar refractivity (Wildman–Crippen MR) is 294 cm³/mol. The van der Waals surface area contributed by atoms with Crippen LogP contribution >= 0.6 is 0 Å². The van der Waals surface area contributed by atoms with Crippen molar-refractivity contribution in [3.05, 3.63) is 261 Å². The average Bonchev–Trinajstić information content (AvgIpc) is 4.08. The molecule has 0 radical (unpaired) electrons. The number of nitrogens with zero attached hydrogens (tertiary/aromatic N) is 5. The van der Waals surface area contributed by atoms with Crippen molar-refractivity contribution in [2.45, 2.75) is 0 Å². The van der Waals surface area contributed by atoms with Crippen molar-refractivity contribution in [3.8, 4) is 28.7 Å². The van der Waals surface area contributed by atoms with Crippen LogP contribution in [-0.4, -0.2) is 31.7 Å². The van der Waals surface area contributed by atoms with Crippen LogP contribution in [0.1, 0.15) is 0 Å². The molecule has 328 valence electrons. The van der Waals surface area contributed by atoms with Crippen molar-refractivity contribution in [1.82, 2.24) is 23.7 Å². The van der Waals surface area contributed by atoms with Crippen LogP contribution in [0.5, 0.6) is 0 Å². The first-order valence-electron chi connectivity index (χ1n) is 23.9. The molecule has 6 heteroatoms. The lowest BCUT2D eigenvalue weighted by Crippen LogP contribution is -2.74. The number of fused-ring (bicyclic) bond motifs is 9. The maximum atomic E-state index is 5.59. The highest BCUT2D eigenvalue weighted by molar-refractivity contribution is 7.19. The van der Waals surface area contributed by atoms with E-state index in [1.54, 1.807) is 0 Å². The summed E-state index contributed by atoms with van der Waals surface area (Å²) in [5, 5.41) is 12.4. The Kier molecular flexibility index (Phi) is 9.15. The van der Waals surface area contributed by atoms with E-state index < -0.39 is 8.07 Å². The molecule has 0 unspecified atom stereocenters. The third-order valence-electron chi connectivity index (χ3n) is 14.4. The summed E-state index contributed by atoms with van der Waals surface area (Å²) in [5.74, 6) is 1.41. The molecule has 0 aliphatic carbocycles. The van der Waals surface area contributed by atoms with E-state index in [0.29, 0.717) is 5.95 Å². The van der Waals surface area contributed by atoms with Crippen molar-refractivity contribution in [3.63, 3.8) is 0 Å². The standard InChI is InChI=1S/C64H43N5Si/c1-4-20-46(21-5-1)70(47-22-6-2-7-23-47,48-24-8-3-9-25-48)49-39-36-44(37-40-49)56-43-63(66-64(65-56)69-60-34-18-12-28-52(60)53-29-13-19-35-61(53)69)68-59-33-17-14-30-54(59)55-42-45(38-41-62(55)68)67-57-31-15-10-26-50(57)51-27-11-16-32-58(51)67/h1-43H. The molecule has 0 atom stereocenters. The van der Waals surface area contributed by atoms with Gasteiger partial charge in [-0.1, -0.05) is 206 Å². The van der Waals surface area contributed by atoms with Crippen molar-refractivity contribution in [2.75, 3.05) is 0 Å². The molecule has 4 aromatic heterocycles. The van der Waals surface area contributed by atoms with Gasteiger partial charge in [0.15, 0.2) is 8.07 Å². The molecule has 0 saturated heterocycles. The van der Waals surface area contributed by atoms with Crippen LogP contribution in [0, 0.1) is 0 Å². The monoisotopic (exact) mass is 909 g/mol. The van der Waals surface area contributed by atoms with Crippen LogP contribution < -0.4 is 20.7 Å². The number of para-hydroxylation sites is 5. The van der Waals surface area contributed by atoms with E-state index in [2.05, 4.69) is 275 Å². The van der Waals surface area contributed by atoms with E-state index in [-0.39, 0.29) is 0 Å². The molecule has 10 aromatic carbocycles. The van der Waals surface area contributed by atoms with Crippen molar-refractivity contribution < 1.29 is 0 Å². The van der Waals surface area contributed by atoms with Crippen LogP contribution in [-0.2, 0) is 0 Å². The summed E-state index contributed by atoms with van der Waals surface area (Å²) in [6.07, 6.45) is 0. The van der Waals surface area contributed by atoms with Crippen molar-refractivity contribution >= 4 is 94.2 Å². The van der Waals surface area contributed by atoms with Gasteiger partial charge in [-0.05, 0) is 69.3 Å². The number of aromatic nitrogens is 5. The molecule has 0 amide bonds. The van der Waals surface area contributed by atoms with Gasteiger partial charge in [0.25, 0.3) is 0 Å². The Morgan fingerprint density at radius 3 is 1.11 bits per heavy atom. The largest absolute Gasteiger partial charge is 0.309 e. The van der Waals surface area contributed by atoms with Gasteiger partial charge in [-0.15, -0.1) is 0 Å². The maximum Gasteiger partial charge on any atom is 0.237 e. The predicted octanol–water partition coefficient (Wildman–Crippen LogP) is 12.8. The van der Waals surface area contributed by atoms with Crippen LogP contribution in [0.3, 0.4) is 0 Å². The van der Waals surface area contributed by atoms with Gasteiger partial charge in [0.2, 0.25) is 5.95 Å². The highest BCUT2D eigenvalue weighted by Gasteiger charge is 2.41. The normalized spacial score (nSPS) is 12.0. The van der Waals surface area contributed by atoms with E-state index in [4.69, 9.17) is 9.97 Å². The minimum Gasteiger partial charge on any atom is -0.309 e. The van der Waals surface area contributed by atoms with Crippen LogP contribution in [0.4, 0.5) is 0 Å². The first-order valence-corrected chi connectivity index (χ1v) is 25.9. The van der Waals surface area contributed by atoms with Gasteiger partial charge in [0.05, 0.1) is 38.8 Å². The van der Waals surface area contributed by atoms with Gasteiger partial charge in [0.1, 0.15) is 5.82 Å². The number of hydrogen-bond donors (Lipinski definition) is 0. The maximum absolute atomic E-state index is 5.59. The summed E-state index contributed by atoms with van der Waals surface area (Å²) in [5.41, 5.74) is 9.61. The summed E-state index contributed by atoms with van der Waals surface area (Å²) < 4.78 is 6.96. The zero-order valence-electron chi connectivity index (χ0n) is 38.1. The summed E-state index contributed by atoms with van der Waals surface area (Å²) in [6.45, 7) is 0. The molecule has 0 saturated carbocycles. The molecule has 0 N–H and O–H groups in total. The Hall–Kier alpha value is -9.10. The second-order valence-electron chi connectivity index (χ2n) is 18.1. The molecular formula is C64H43N5Si. The van der Waals surface area contributed by atoms with E-state index in [9.17, 15) is 0 Å². The number of benzene rings is 10. The fraction of sp³-hybridized carbons (Fsp3) is 0. The Morgan fingerprint density at radius 2 is 0.643 bits per heavy atom. The van der Waals surface area contributed by atoms with Crippen molar-refractivity contribution in [1.29, 1.82) is 0 Å². The molecule has 0 aliphatic heterocycles. The molecule has 0 spiro atoms. The highest BCUT2D eigenvalue weighted by atomic mass is 28.3. The Bertz CT molecular complexity index is 4080. The molecule has 0 fully saturated rings. The third-order valence-corrected chi connectivity index (χ3v) is 19.2. The average molecular weight is 910 g/mol. The summed E-state index contributed by atoms with van der Waals surface area (Å²) in [7, 11) is -2.75. The SMILES string of the molecule is c1ccc([Si](c2ccccc2)(c2ccccc2)c2ccc(-c3cc(-n4c5ccccc5c5cc(-n6c7ccccc7c7ccccc76)ccc54)nc(-n4c5ccccc5c5ccccc54)n3)cc2)cc1.